The summed E-state index contributed by atoms with van der Waals surface area (Å²) in [4.78, 5) is 16.6. The predicted octanol–water partition coefficient (Wildman–Crippen LogP) is 5.34. The highest BCUT2D eigenvalue weighted by molar-refractivity contribution is 5.92. The summed E-state index contributed by atoms with van der Waals surface area (Å²) < 4.78 is 53.6. The molecule has 1 N–H and O–H groups in total. The van der Waals surface area contributed by atoms with Crippen LogP contribution in [0.2, 0.25) is 0 Å². The number of ether oxygens (including phenoxy) is 2. The van der Waals surface area contributed by atoms with Gasteiger partial charge < -0.3 is 14.8 Å². The first-order valence-corrected chi connectivity index (χ1v) is 10.8. The number of halogens is 3. The van der Waals surface area contributed by atoms with E-state index in [0.29, 0.717) is 17.1 Å². The van der Waals surface area contributed by atoms with Crippen LogP contribution in [0.3, 0.4) is 0 Å². The Balaban J connectivity index is 1.65. The number of methoxy groups -OCH3 is 1. The van der Waals surface area contributed by atoms with Crippen LogP contribution in [0.15, 0.2) is 54.6 Å². The average Bonchev–Trinajstić information content (AvgIpc) is 3.18. The number of carbonyl (C=O) groups excluding carboxylic acids is 1. The molecule has 0 spiro atoms. The molecule has 2 heterocycles. The third kappa shape index (κ3) is 5.21. The summed E-state index contributed by atoms with van der Waals surface area (Å²) >= 11 is 0. The number of aromatic nitrogens is 3. The first kappa shape index (κ1) is 24.1. The quantitative estimate of drug-likeness (QED) is 0.383. The van der Waals surface area contributed by atoms with Crippen LogP contribution in [0.5, 0.6) is 11.6 Å². The van der Waals surface area contributed by atoms with Gasteiger partial charge in [0.05, 0.1) is 29.4 Å². The van der Waals surface area contributed by atoms with Crippen molar-refractivity contribution in [2.45, 2.75) is 26.4 Å². The minimum absolute atomic E-state index is 0.00728. The zero-order chi connectivity index (χ0) is 25.2. The van der Waals surface area contributed by atoms with E-state index in [0.717, 1.165) is 18.1 Å². The van der Waals surface area contributed by atoms with Gasteiger partial charge in [-0.1, -0.05) is 19.1 Å². The van der Waals surface area contributed by atoms with E-state index in [-0.39, 0.29) is 22.6 Å². The summed E-state index contributed by atoms with van der Waals surface area (Å²) in [5.41, 5.74) is 1.38. The zero-order valence-corrected chi connectivity index (χ0v) is 19.3. The Bertz CT molecular complexity index is 1350. The van der Waals surface area contributed by atoms with Crippen molar-refractivity contribution in [3.63, 3.8) is 0 Å². The summed E-state index contributed by atoms with van der Waals surface area (Å²) in [6, 6.07) is 14.7. The molecule has 7 nitrogen and oxygen atoms in total. The second-order valence-electron chi connectivity index (χ2n) is 7.79. The number of hydrogen-bond acceptors (Lipinski definition) is 5. The molecule has 0 bridgehead atoms. The van der Waals surface area contributed by atoms with Crippen molar-refractivity contribution in [1.29, 1.82) is 0 Å². The number of nitrogens with zero attached hydrogens (tertiary/aromatic N) is 3. The van der Waals surface area contributed by atoms with Crippen LogP contribution in [0.25, 0.3) is 16.7 Å². The Hall–Kier alpha value is -4.08. The maximum atomic E-state index is 13.9. The smallest absolute Gasteiger partial charge is 0.417 e. The van der Waals surface area contributed by atoms with Gasteiger partial charge in [0, 0.05) is 11.8 Å². The Morgan fingerprint density at radius 1 is 1.09 bits per heavy atom. The summed E-state index contributed by atoms with van der Waals surface area (Å²) in [5, 5.41) is 6.80. The number of hydrogen-bond donors (Lipinski definition) is 1. The van der Waals surface area contributed by atoms with Crippen molar-refractivity contribution in [1.82, 2.24) is 14.8 Å². The van der Waals surface area contributed by atoms with Gasteiger partial charge >= 0.3 is 6.18 Å². The van der Waals surface area contributed by atoms with Crippen LogP contribution < -0.4 is 14.8 Å². The molecule has 0 saturated heterocycles. The lowest BCUT2D eigenvalue weighted by Gasteiger charge is -2.12. The van der Waals surface area contributed by atoms with Gasteiger partial charge in [-0.25, -0.2) is 4.68 Å². The molecule has 35 heavy (non-hydrogen) atoms. The van der Waals surface area contributed by atoms with E-state index in [1.165, 1.54) is 18.7 Å². The minimum Gasteiger partial charge on any atom is -0.497 e. The monoisotopic (exact) mass is 484 g/mol. The topological polar surface area (TPSA) is 78.3 Å². The van der Waals surface area contributed by atoms with Crippen LogP contribution in [0.1, 0.15) is 23.7 Å². The standard InChI is InChI=1S/C25H23F3N4O3/c1-4-16-5-9-18(10-6-16)32-24-23(15(2)31-32)20(25(26,27)28)13-22(30-24)35-14-21(33)29-17-7-11-19(34-3)12-8-17/h5-13H,4,14H2,1-3H3,(H,29,33). The molecule has 0 unspecified atom stereocenters. The molecular formula is C25H23F3N4O3. The van der Waals surface area contributed by atoms with Crippen molar-refractivity contribution in [3.8, 4) is 17.3 Å². The Kier molecular flexibility index (Phi) is 6.63. The fourth-order valence-electron chi connectivity index (χ4n) is 3.63. The third-order valence-electron chi connectivity index (χ3n) is 5.41. The van der Waals surface area contributed by atoms with E-state index in [2.05, 4.69) is 15.4 Å². The maximum Gasteiger partial charge on any atom is 0.417 e. The van der Waals surface area contributed by atoms with Gasteiger partial charge in [0.15, 0.2) is 12.3 Å². The predicted molar refractivity (Wildman–Crippen MR) is 125 cm³/mol. The van der Waals surface area contributed by atoms with Gasteiger partial charge in [-0.3, -0.25) is 4.79 Å². The largest absolute Gasteiger partial charge is 0.497 e. The Morgan fingerprint density at radius 3 is 2.37 bits per heavy atom. The lowest BCUT2D eigenvalue weighted by atomic mass is 10.1. The number of anilines is 1. The number of pyridine rings is 1. The SMILES string of the molecule is CCc1ccc(-n2nc(C)c3c(C(F)(F)F)cc(OCC(=O)Nc4ccc(OC)cc4)nc32)cc1. The summed E-state index contributed by atoms with van der Waals surface area (Å²) in [6.45, 7) is 2.98. The first-order chi connectivity index (χ1) is 16.7. The van der Waals surface area contributed by atoms with Gasteiger partial charge in [0.25, 0.3) is 5.91 Å². The second kappa shape index (κ2) is 9.65. The van der Waals surface area contributed by atoms with Crippen LogP contribution in [-0.4, -0.2) is 34.4 Å². The number of rotatable bonds is 7. The van der Waals surface area contributed by atoms with Crippen molar-refractivity contribution in [3.05, 3.63) is 71.4 Å². The molecule has 0 aliphatic rings. The molecule has 2 aromatic carbocycles. The molecule has 0 atom stereocenters. The second-order valence-corrected chi connectivity index (χ2v) is 7.79. The lowest BCUT2D eigenvalue weighted by Crippen LogP contribution is -2.20. The fourth-order valence-corrected chi connectivity index (χ4v) is 3.63. The summed E-state index contributed by atoms with van der Waals surface area (Å²) in [5.74, 6) is -0.265. The molecule has 2 aromatic heterocycles. The van der Waals surface area contributed by atoms with Gasteiger partial charge in [-0.15, -0.1) is 0 Å². The van der Waals surface area contributed by atoms with Crippen LogP contribution >= 0.6 is 0 Å². The van der Waals surface area contributed by atoms with Crippen molar-refractivity contribution >= 4 is 22.6 Å². The number of fused-ring (bicyclic) bond motifs is 1. The molecule has 0 aliphatic heterocycles. The molecule has 0 fully saturated rings. The summed E-state index contributed by atoms with van der Waals surface area (Å²) in [7, 11) is 1.52. The third-order valence-corrected chi connectivity index (χ3v) is 5.41. The van der Waals surface area contributed by atoms with Gasteiger partial charge in [0.2, 0.25) is 5.88 Å². The normalized spacial score (nSPS) is 11.5. The van der Waals surface area contributed by atoms with Crippen LogP contribution in [-0.2, 0) is 17.4 Å². The molecule has 10 heteroatoms. The first-order valence-electron chi connectivity index (χ1n) is 10.8. The number of alkyl halides is 3. The van der Waals surface area contributed by atoms with Crippen molar-refractivity contribution < 1.29 is 27.4 Å². The number of carbonyl (C=O) groups is 1. The highest BCUT2D eigenvalue weighted by Crippen LogP contribution is 2.38. The highest BCUT2D eigenvalue weighted by atomic mass is 19.4. The van der Waals surface area contributed by atoms with E-state index >= 15 is 0 Å². The van der Waals surface area contributed by atoms with Crippen molar-refractivity contribution in [2.75, 3.05) is 19.0 Å². The van der Waals surface area contributed by atoms with Gasteiger partial charge in [-0.2, -0.15) is 23.3 Å². The maximum absolute atomic E-state index is 13.9. The molecule has 0 aliphatic carbocycles. The van der Waals surface area contributed by atoms with E-state index in [1.807, 2.05) is 19.1 Å². The number of amides is 1. The van der Waals surface area contributed by atoms with Gasteiger partial charge in [-0.05, 0) is 55.3 Å². The zero-order valence-electron chi connectivity index (χ0n) is 19.3. The number of aryl methyl sites for hydroxylation is 2. The molecule has 1 amide bonds. The minimum atomic E-state index is -4.67. The Labute approximate surface area is 199 Å². The highest BCUT2D eigenvalue weighted by Gasteiger charge is 2.36. The van der Waals surface area contributed by atoms with Crippen molar-refractivity contribution in [2.24, 2.45) is 0 Å². The average molecular weight is 484 g/mol. The van der Waals surface area contributed by atoms with E-state index in [9.17, 15) is 18.0 Å². The van der Waals surface area contributed by atoms with Gasteiger partial charge in [0.1, 0.15) is 5.75 Å². The van der Waals surface area contributed by atoms with E-state index in [4.69, 9.17) is 9.47 Å². The number of nitrogens with one attached hydrogen (secondary N) is 1. The summed E-state index contributed by atoms with van der Waals surface area (Å²) in [6.07, 6.45) is -3.85. The number of benzene rings is 2. The Morgan fingerprint density at radius 2 is 1.77 bits per heavy atom. The van der Waals surface area contributed by atoms with E-state index in [1.54, 1.807) is 36.4 Å². The van der Waals surface area contributed by atoms with E-state index < -0.39 is 24.3 Å². The fraction of sp³-hybridized carbons (Fsp3) is 0.240. The molecular weight excluding hydrogens is 461 g/mol. The lowest BCUT2D eigenvalue weighted by molar-refractivity contribution is -0.136. The molecule has 4 aromatic rings. The molecule has 0 saturated carbocycles. The molecule has 182 valence electrons. The molecule has 4 rings (SSSR count). The van der Waals surface area contributed by atoms with Crippen LogP contribution in [0, 0.1) is 6.92 Å². The molecule has 0 radical (unpaired) electrons. The van der Waals surface area contributed by atoms with Crippen LogP contribution in [0.4, 0.5) is 18.9 Å².